The number of hydrogen-bond acceptors (Lipinski definition) is 5. The fourth-order valence-electron chi connectivity index (χ4n) is 1.45. The van der Waals surface area contributed by atoms with Gasteiger partial charge in [-0.15, -0.1) is 0 Å². The predicted molar refractivity (Wildman–Crippen MR) is 57.8 cm³/mol. The first-order chi connectivity index (χ1) is 7.72. The fraction of sp³-hybridized carbons (Fsp3) is 0.300. The fourth-order valence-corrected chi connectivity index (χ4v) is 1.45. The number of aryl methyl sites for hydroxylation is 1. The van der Waals surface area contributed by atoms with Gasteiger partial charge >= 0.3 is 0 Å². The summed E-state index contributed by atoms with van der Waals surface area (Å²) in [6.45, 7) is 0. The smallest absolute Gasteiger partial charge is 0.237 e. The summed E-state index contributed by atoms with van der Waals surface area (Å²) < 4.78 is 6.80. The highest BCUT2D eigenvalue weighted by molar-refractivity contribution is 5.27. The molecule has 0 radical (unpaired) electrons. The number of nitrogens with two attached hydrogens (primary N) is 1. The molecule has 0 amide bonds. The Kier molecular flexibility index (Phi) is 2.82. The van der Waals surface area contributed by atoms with Gasteiger partial charge in [-0.2, -0.15) is 5.10 Å². The summed E-state index contributed by atoms with van der Waals surface area (Å²) in [7, 11) is 3.38. The zero-order valence-corrected chi connectivity index (χ0v) is 9.16. The van der Waals surface area contributed by atoms with Crippen LogP contribution in [0.3, 0.4) is 0 Å². The Labute approximate surface area is 93.1 Å². The molecule has 6 nitrogen and oxygen atoms in total. The molecule has 0 fully saturated rings. The van der Waals surface area contributed by atoms with Gasteiger partial charge in [-0.05, 0) is 6.07 Å². The van der Waals surface area contributed by atoms with Crippen LogP contribution in [-0.2, 0) is 7.05 Å². The standard InChI is InChI=1S/C10H13N5O/c1-15-6-3-7(14-15)8(11)9-10(16-2)13-5-4-12-9/h3-6,8H,11H2,1-2H3. The minimum absolute atomic E-state index is 0.426. The van der Waals surface area contributed by atoms with E-state index in [0.29, 0.717) is 11.6 Å². The summed E-state index contributed by atoms with van der Waals surface area (Å²) in [5.74, 6) is 0.431. The van der Waals surface area contributed by atoms with Crippen LogP contribution in [-0.4, -0.2) is 26.9 Å². The Balaban J connectivity index is 2.36. The lowest BCUT2D eigenvalue weighted by molar-refractivity contribution is 0.386. The molecular weight excluding hydrogens is 206 g/mol. The van der Waals surface area contributed by atoms with E-state index < -0.39 is 6.04 Å². The average Bonchev–Trinajstić information content (AvgIpc) is 2.75. The van der Waals surface area contributed by atoms with Crippen LogP contribution >= 0.6 is 0 Å². The Morgan fingerprint density at radius 2 is 2.12 bits per heavy atom. The molecule has 2 aromatic heterocycles. The van der Waals surface area contributed by atoms with Crippen molar-refractivity contribution >= 4 is 0 Å². The second kappa shape index (κ2) is 4.28. The summed E-state index contributed by atoms with van der Waals surface area (Å²) in [6, 6.07) is 1.42. The number of aromatic nitrogens is 4. The van der Waals surface area contributed by atoms with E-state index in [2.05, 4.69) is 15.1 Å². The van der Waals surface area contributed by atoms with E-state index in [9.17, 15) is 0 Å². The molecule has 0 saturated heterocycles. The van der Waals surface area contributed by atoms with Crippen molar-refractivity contribution in [2.24, 2.45) is 12.8 Å². The first-order valence-corrected chi connectivity index (χ1v) is 4.82. The Morgan fingerprint density at radius 1 is 1.38 bits per heavy atom. The van der Waals surface area contributed by atoms with E-state index in [1.54, 1.807) is 24.2 Å². The first kappa shape index (κ1) is 10.6. The summed E-state index contributed by atoms with van der Waals surface area (Å²) in [5.41, 5.74) is 7.37. The molecule has 0 aliphatic rings. The van der Waals surface area contributed by atoms with Crippen molar-refractivity contribution in [2.45, 2.75) is 6.04 Å². The molecule has 0 spiro atoms. The van der Waals surface area contributed by atoms with Crippen molar-refractivity contribution in [3.63, 3.8) is 0 Å². The van der Waals surface area contributed by atoms with Crippen LogP contribution in [0, 0.1) is 0 Å². The molecule has 0 aromatic carbocycles. The molecule has 1 unspecified atom stereocenters. The van der Waals surface area contributed by atoms with Gasteiger partial charge in [0.2, 0.25) is 5.88 Å². The van der Waals surface area contributed by atoms with Gasteiger partial charge in [-0.3, -0.25) is 9.67 Å². The highest BCUT2D eigenvalue weighted by Gasteiger charge is 2.18. The van der Waals surface area contributed by atoms with E-state index >= 15 is 0 Å². The lowest BCUT2D eigenvalue weighted by atomic mass is 10.1. The maximum atomic E-state index is 6.05. The molecule has 0 saturated carbocycles. The maximum Gasteiger partial charge on any atom is 0.237 e. The number of hydrogen-bond donors (Lipinski definition) is 1. The molecule has 2 N–H and O–H groups in total. The van der Waals surface area contributed by atoms with E-state index in [1.165, 1.54) is 0 Å². The summed E-state index contributed by atoms with van der Waals surface area (Å²) in [5, 5.41) is 4.23. The van der Waals surface area contributed by atoms with E-state index in [0.717, 1.165) is 5.69 Å². The van der Waals surface area contributed by atoms with Crippen LogP contribution in [0.15, 0.2) is 24.7 Å². The number of methoxy groups -OCH3 is 1. The molecular formula is C10H13N5O. The largest absolute Gasteiger partial charge is 0.480 e. The predicted octanol–water partition coefficient (Wildman–Crippen LogP) is 0.267. The highest BCUT2D eigenvalue weighted by atomic mass is 16.5. The van der Waals surface area contributed by atoms with Crippen LogP contribution in [0.4, 0.5) is 0 Å². The van der Waals surface area contributed by atoms with Crippen LogP contribution in [0.25, 0.3) is 0 Å². The highest BCUT2D eigenvalue weighted by Crippen LogP contribution is 2.22. The molecule has 0 aliphatic carbocycles. The number of ether oxygens (including phenoxy) is 1. The van der Waals surface area contributed by atoms with Crippen molar-refractivity contribution in [3.8, 4) is 5.88 Å². The van der Waals surface area contributed by atoms with Gasteiger partial charge in [-0.1, -0.05) is 0 Å². The van der Waals surface area contributed by atoms with Crippen LogP contribution in [0.1, 0.15) is 17.4 Å². The van der Waals surface area contributed by atoms with Crippen LogP contribution in [0.5, 0.6) is 5.88 Å². The number of nitrogens with zero attached hydrogens (tertiary/aromatic N) is 4. The average molecular weight is 219 g/mol. The third kappa shape index (κ3) is 1.87. The minimum Gasteiger partial charge on any atom is -0.480 e. The molecule has 2 rings (SSSR count). The molecule has 16 heavy (non-hydrogen) atoms. The molecule has 6 heteroatoms. The van der Waals surface area contributed by atoms with Crippen molar-refractivity contribution < 1.29 is 4.74 Å². The van der Waals surface area contributed by atoms with Crippen molar-refractivity contribution in [1.29, 1.82) is 0 Å². The van der Waals surface area contributed by atoms with Gasteiger partial charge in [0.05, 0.1) is 18.8 Å². The Hall–Kier alpha value is -1.95. The second-order valence-electron chi connectivity index (χ2n) is 3.34. The van der Waals surface area contributed by atoms with Crippen molar-refractivity contribution in [1.82, 2.24) is 19.7 Å². The minimum atomic E-state index is -0.426. The second-order valence-corrected chi connectivity index (χ2v) is 3.34. The van der Waals surface area contributed by atoms with Crippen LogP contribution < -0.4 is 10.5 Å². The van der Waals surface area contributed by atoms with Gasteiger partial charge in [-0.25, -0.2) is 4.98 Å². The third-order valence-electron chi connectivity index (χ3n) is 2.23. The lowest BCUT2D eigenvalue weighted by Crippen LogP contribution is -2.16. The number of rotatable bonds is 3. The maximum absolute atomic E-state index is 6.05. The van der Waals surface area contributed by atoms with Gasteiger partial charge in [0, 0.05) is 25.6 Å². The van der Waals surface area contributed by atoms with E-state index in [4.69, 9.17) is 10.5 Å². The van der Waals surface area contributed by atoms with E-state index in [1.807, 2.05) is 19.3 Å². The van der Waals surface area contributed by atoms with Crippen LogP contribution in [0.2, 0.25) is 0 Å². The summed E-state index contributed by atoms with van der Waals surface area (Å²) in [4.78, 5) is 8.22. The summed E-state index contributed by atoms with van der Waals surface area (Å²) >= 11 is 0. The quantitative estimate of drug-likeness (QED) is 0.801. The molecule has 84 valence electrons. The molecule has 0 bridgehead atoms. The first-order valence-electron chi connectivity index (χ1n) is 4.82. The Bertz CT molecular complexity index is 482. The Morgan fingerprint density at radius 3 is 2.75 bits per heavy atom. The topological polar surface area (TPSA) is 78.9 Å². The van der Waals surface area contributed by atoms with Gasteiger partial charge in [0.25, 0.3) is 0 Å². The SMILES string of the molecule is COc1nccnc1C(N)c1ccn(C)n1. The normalized spacial score (nSPS) is 12.4. The van der Waals surface area contributed by atoms with Crippen molar-refractivity contribution in [2.75, 3.05) is 7.11 Å². The third-order valence-corrected chi connectivity index (χ3v) is 2.23. The molecule has 1 atom stereocenters. The molecule has 2 heterocycles. The van der Waals surface area contributed by atoms with Gasteiger partial charge in [0.15, 0.2) is 0 Å². The lowest BCUT2D eigenvalue weighted by Gasteiger charge is -2.10. The zero-order valence-electron chi connectivity index (χ0n) is 9.16. The van der Waals surface area contributed by atoms with Gasteiger partial charge in [0.1, 0.15) is 5.69 Å². The molecule has 0 aliphatic heterocycles. The van der Waals surface area contributed by atoms with E-state index in [-0.39, 0.29) is 0 Å². The molecule has 2 aromatic rings. The van der Waals surface area contributed by atoms with Gasteiger partial charge < -0.3 is 10.5 Å². The van der Waals surface area contributed by atoms with Crippen molar-refractivity contribution in [3.05, 3.63) is 36.0 Å². The summed E-state index contributed by atoms with van der Waals surface area (Å²) in [6.07, 6.45) is 4.98. The monoisotopic (exact) mass is 219 g/mol. The zero-order chi connectivity index (χ0) is 11.5.